The van der Waals surface area contributed by atoms with E-state index in [1.165, 1.54) is 11.1 Å². The lowest BCUT2D eigenvalue weighted by atomic mass is 9.79. The average Bonchev–Trinajstić information content (AvgIpc) is 3.43. The number of halogens is 2. The first kappa shape index (κ1) is 33.3. The molecule has 0 saturated carbocycles. The molecule has 1 saturated heterocycles. The van der Waals surface area contributed by atoms with Crippen molar-refractivity contribution < 1.29 is 24.2 Å². The molecule has 0 spiro atoms. The van der Waals surface area contributed by atoms with Crippen molar-refractivity contribution in [1.29, 1.82) is 0 Å². The highest BCUT2D eigenvalue weighted by atomic mass is 35.5. The van der Waals surface area contributed by atoms with Crippen molar-refractivity contribution >= 4 is 41.1 Å². The van der Waals surface area contributed by atoms with Gasteiger partial charge in [-0.25, -0.2) is 9.48 Å². The molecule has 2 aliphatic rings. The summed E-state index contributed by atoms with van der Waals surface area (Å²) in [5.74, 6) is -0.290. The minimum Gasteiger partial charge on any atom is -0.496 e. The molecule has 2 aromatic carbocycles. The third-order valence-corrected chi connectivity index (χ3v) is 9.63. The third-order valence-electron chi connectivity index (χ3n) is 9.20. The van der Waals surface area contributed by atoms with Gasteiger partial charge in [0.1, 0.15) is 5.75 Å². The number of piperazine rings is 1. The summed E-state index contributed by atoms with van der Waals surface area (Å²) < 4.78 is 7.49. The minimum absolute atomic E-state index is 0.185. The summed E-state index contributed by atoms with van der Waals surface area (Å²) in [6, 6.07) is 9.82. The molecule has 0 radical (unpaired) electrons. The fourth-order valence-corrected chi connectivity index (χ4v) is 7.74. The SMILES string of the molecule is COc1cc2c(cc1-c1cncc(C(N)=O)c1)-c1c(c(C(=O)N3CCN(C(=O)O)C(C(C)(C)C)C3C)nn1-c1cc(Cl)cc(Cl)c1)CC2. The summed E-state index contributed by atoms with van der Waals surface area (Å²) in [6.45, 7) is 8.25. The van der Waals surface area contributed by atoms with Crippen molar-refractivity contribution in [3.05, 3.63) is 81.2 Å². The lowest BCUT2D eigenvalue weighted by Gasteiger charge is -2.50. The quantitative estimate of drug-likeness (QED) is 0.248. The van der Waals surface area contributed by atoms with E-state index in [0.717, 1.165) is 16.7 Å². The molecular formula is C35H36Cl2N6O5. The molecule has 48 heavy (non-hydrogen) atoms. The fraction of sp³-hybridized carbons (Fsp3) is 0.343. The summed E-state index contributed by atoms with van der Waals surface area (Å²) in [5, 5.41) is 15.7. The van der Waals surface area contributed by atoms with Gasteiger partial charge >= 0.3 is 6.09 Å². The normalized spacial score (nSPS) is 17.5. The number of nitrogens with two attached hydrogens (primary N) is 1. The average molecular weight is 692 g/mol. The van der Waals surface area contributed by atoms with E-state index in [1.807, 2.05) is 39.8 Å². The summed E-state index contributed by atoms with van der Waals surface area (Å²) >= 11 is 12.9. The van der Waals surface area contributed by atoms with Gasteiger partial charge in [0.05, 0.1) is 36.1 Å². The lowest BCUT2D eigenvalue weighted by Crippen LogP contribution is -2.65. The van der Waals surface area contributed by atoms with Crippen molar-refractivity contribution in [2.75, 3.05) is 20.2 Å². The number of benzene rings is 2. The number of aromatic nitrogens is 3. The van der Waals surface area contributed by atoms with Crippen molar-refractivity contribution in [2.24, 2.45) is 11.1 Å². The van der Waals surface area contributed by atoms with Crippen molar-refractivity contribution in [1.82, 2.24) is 24.6 Å². The molecule has 2 atom stereocenters. The number of fused-ring (bicyclic) bond motifs is 3. The van der Waals surface area contributed by atoms with Crippen LogP contribution >= 0.6 is 23.2 Å². The molecule has 0 bridgehead atoms. The lowest BCUT2D eigenvalue weighted by molar-refractivity contribution is -0.00923. The number of hydrogen-bond acceptors (Lipinski definition) is 6. The Morgan fingerprint density at radius 2 is 1.65 bits per heavy atom. The number of carbonyl (C=O) groups is 3. The number of nitrogens with zero attached hydrogens (tertiary/aromatic N) is 5. The van der Waals surface area contributed by atoms with Crippen LogP contribution in [0.15, 0.2) is 48.8 Å². The van der Waals surface area contributed by atoms with Crippen LogP contribution in [0.5, 0.6) is 5.75 Å². The largest absolute Gasteiger partial charge is 0.496 e. The maximum Gasteiger partial charge on any atom is 0.407 e. The number of pyridine rings is 1. The topological polar surface area (TPSA) is 144 Å². The Morgan fingerprint density at radius 1 is 0.958 bits per heavy atom. The van der Waals surface area contributed by atoms with Crippen molar-refractivity contribution in [3.8, 4) is 33.8 Å². The van der Waals surface area contributed by atoms with Crippen LogP contribution in [0.2, 0.25) is 10.0 Å². The van der Waals surface area contributed by atoms with E-state index in [-0.39, 0.29) is 30.3 Å². The number of primary amides is 1. The smallest absolute Gasteiger partial charge is 0.407 e. The summed E-state index contributed by atoms with van der Waals surface area (Å²) in [5.41, 5.74) is 10.8. The molecule has 3 amide bonds. The fourth-order valence-electron chi connectivity index (χ4n) is 7.23. The van der Waals surface area contributed by atoms with E-state index in [4.69, 9.17) is 38.8 Å². The first-order chi connectivity index (χ1) is 22.7. The van der Waals surface area contributed by atoms with Crippen molar-refractivity contribution in [3.63, 3.8) is 0 Å². The van der Waals surface area contributed by atoms with E-state index in [0.29, 0.717) is 51.1 Å². The maximum absolute atomic E-state index is 14.6. The Kier molecular flexibility index (Phi) is 8.63. The first-order valence-electron chi connectivity index (χ1n) is 15.5. The van der Waals surface area contributed by atoms with Crippen LogP contribution < -0.4 is 10.5 Å². The monoisotopic (exact) mass is 690 g/mol. The second-order valence-corrected chi connectivity index (χ2v) is 14.2. The Labute approximate surface area is 288 Å². The molecule has 1 aliphatic heterocycles. The predicted molar refractivity (Wildman–Crippen MR) is 183 cm³/mol. The van der Waals surface area contributed by atoms with Gasteiger partial charge in [0, 0.05) is 57.8 Å². The maximum atomic E-state index is 14.6. The van der Waals surface area contributed by atoms with Crippen LogP contribution in [0, 0.1) is 5.41 Å². The van der Waals surface area contributed by atoms with Gasteiger partial charge in [0.15, 0.2) is 5.69 Å². The molecule has 6 rings (SSSR count). The number of carboxylic acid groups (broad SMARTS) is 1. The number of ether oxygens (including phenoxy) is 1. The van der Waals surface area contributed by atoms with Crippen LogP contribution in [0.3, 0.4) is 0 Å². The van der Waals surface area contributed by atoms with E-state index in [2.05, 4.69) is 4.98 Å². The van der Waals surface area contributed by atoms with E-state index in [1.54, 1.807) is 47.2 Å². The van der Waals surface area contributed by atoms with Crippen molar-refractivity contribution in [2.45, 2.75) is 52.6 Å². The molecule has 3 N–H and O–H groups in total. The van der Waals surface area contributed by atoms with Crippen LogP contribution in [0.1, 0.15) is 59.7 Å². The zero-order valence-electron chi connectivity index (χ0n) is 27.3. The van der Waals surface area contributed by atoms with Crippen LogP contribution in [-0.2, 0) is 12.8 Å². The molecule has 11 nitrogen and oxygen atoms in total. The van der Waals surface area contributed by atoms with Gasteiger partial charge in [-0.3, -0.25) is 14.6 Å². The minimum atomic E-state index is -1.01. The Bertz CT molecular complexity index is 1950. The zero-order valence-corrected chi connectivity index (χ0v) is 28.8. The molecule has 4 aromatic rings. The third kappa shape index (κ3) is 5.85. The van der Waals surface area contributed by atoms with Gasteiger partial charge in [-0.2, -0.15) is 5.10 Å². The number of aryl methyl sites for hydroxylation is 1. The highest BCUT2D eigenvalue weighted by Gasteiger charge is 2.45. The second kappa shape index (κ2) is 12.4. The number of methoxy groups -OCH3 is 1. The Morgan fingerprint density at radius 3 is 2.27 bits per heavy atom. The van der Waals surface area contributed by atoms with Gasteiger partial charge in [-0.1, -0.05) is 44.0 Å². The predicted octanol–water partition coefficient (Wildman–Crippen LogP) is 6.35. The second-order valence-electron chi connectivity index (χ2n) is 13.3. The molecule has 1 fully saturated rings. The summed E-state index contributed by atoms with van der Waals surface area (Å²) in [4.78, 5) is 46.2. The molecule has 250 valence electrons. The Hall–Kier alpha value is -4.61. The standard InChI is InChI=1S/C35H36Cl2N6O5/c1-18-31(35(2,3)4)42(34(46)47)9-8-41(18)33(45)29-25-7-6-19-11-28(48-5)26(20-10-21(32(38)44)17-39-16-20)15-27(19)30(25)43(40-29)24-13-22(36)12-23(37)14-24/h10-18,31H,6-9H2,1-5H3,(H2,38,44)(H,46,47). The van der Waals surface area contributed by atoms with E-state index < -0.39 is 29.5 Å². The van der Waals surface area contributed by atoms with Gasteiger partial charge in [0.2, 0.25) is 5.91 Å². The van der Waals surface area contributed by atoms with Crippen LogP contribution in [-0.4, -0.2) is 79.9 Å². The van der Waals surface area contributed by atoms with Gasteiger partial charge in [-0.15, -0.1) is 0 Å². The number of carbonyl (C=O) groups excluding carboxylic acids is 2. The molecule has 2 aromatic heterocycles. The Balaban J connectivity index is 1.54. The molecular weight excluding hydrogens is 655 g/mol. The molecule has 13 heteroatoms. The van der Waals surface area contributed by atoms with E-state index >= 15 is 0 Å². The first-order valence-corrected chi connectivity index (χ1v) is 16.3. The highest BCUT2D eigenvalue weighted by molar-refractivity contribution is 6.34. The van der Waals surface area contributed by atoms with Crippen LogP contribution in [0.4, 0.5) is 4.79 Å². The van der Waals surface area contributed by atoms with E-state index in [9.17, 15) is 19.5 Å². The highest BCUT2D eigenvalue weighted by Crippen LogP contribution is 2.44. The molecule has 2 unspecified atom stereocenters. The summed E-state index contributed by atoms with van der Waals surface area (Å²) in [6.07, 6.45) is 3.16. The number of hydrogen-bond donors (Lipinski definition) is 2. The molecule has 1 aliphatic carbocycles. The van der Waals surface area contributed by atoms with Gasteiger partial charge < -0.3 is 25.4 Å². The number of amides is 3. The number of rotatable bonds is 5. The summed E-state index contributed by atoms with van der Waals surface area (Å²) in [7, 11) is 1.58. The van der Waals surface area contributed by atoms with Crippen LogP contribution in [0.25, 0.3) is 28.1 Å². The zero-order chi connectivity index (χ0) is 34.7. The molecule has 3 heterocycles. The van der Waals surface area contributed by atoms with Gasteiger partial charge in [0.25, 0.3) is 5.91 Å². The van der Waals surface area contributed by atoms with Gasteiger partial charge in [-0.05, 0) is 67.1 Å².